The van der Waals surface area contributed by atoms with E-state index in [4.69, 9.17) is 0 Å². The fourth-order valence-corrected chi connectivity index (χ4v) is 2.56. The quantitative estimate of drug-likeness (QED) is 0.905. The molecule has 0 radical (unpaired) electrons. The fourth-order valence-electron chi connectivity index (χ4n) is 2.56. The van der Waals surface area contributed by atoms with Crippen LogP contribution in [0.25, 0.3) is 0 Å². The zero-order chi connectivity index (χ0) is 14.0. The Kier molecular flexibility index (Phi) is 3.60. The third-order valence-corrected chi connectivity index (χ3v) is 3.88. The summed E-state index contributed by atoms with van der Waals surface area (Å²) in [5.74, 6) is -1.02. The summed E-state index contributed by atoms with van der Waals surface area (Å²) in [6.45, 7) is 4.16. The van der Waals surface area contributed by atoms with Crippen molar-refractivity contribution in [1.82, 2.24) is 4.90 Å². The molecule has 0 bridgehead atoms. The molecular formula is C15H19NO3. The number of hydrogen-bond donors (Lipinski definition) is 1. The lowest BCUT2D eigenvalue weighted by molar-refractivity contribution is -0.155. The molecule has 0 spiro atoms. The van der Waals surface area contributed by atoms with Crippen molar-refractivity contribution in [3.8, 4) is 0 Å². The van der Waals surface area contributed by atoms with Crippen LogP contribution in [0.4, 0.5) is 0 Å². The Balaban J connectivity index is 2.11. The monoisotopic (exact) mass is 261 g/mol. The van der Waals surface area contributed by atoms with E-state index >= 15 is 0 Å². The molecule has 1 atom stereocenters. The van der Waals surface area contributed by atoms with Crippen LogP contribution in [0.5, 0.6) is 0 Å². The summed E-state index contributed by atoms with van der Waals surface area (Å²) in [5, 5.41) is 9.30. The lowest BCUT2D eigenvalue weighted by atomic mass is 9.98. The number of aryl methyl sites for hydroxylation is 1. The summed E-state index contributed by atoms with van der Waals surface area (Å²) in [7, 11) is 0. The Labute approximate surface area is 113 Å². The normalized spacial score (nSPS) is 22.5. The van der Waals surface area contributed by atoms with Gasteiger partial charge in [0.25, 0.3) is 0 Å². The van der Waals surface area contributed by atoms with Crippen LogP contribution in [-0.2, 0) is 16.0 Å². The third kappa shape index (κ3) is 2.62. The van der Waals surface area contributed by atoms with E-state index in [2.05, 4.69) is 0 Å². The van der Waals surface area contributed by atoms with Gasteiger partial charge in [-0.3, -0.25) is 4.79 Å². The van der Waals surface area contributed by atoms with Crippen LogP contribution in [0.3, 0.4) is 0 Å². The molecule has 1 N–H and O–H groups in total. The number of carboxylic acids is 1. The van der Waals surface area contributed by atoms with Gasteiger partial charge >= 0.3 is 5.97 Å². The number of rotatable bonds is 3. The molecule has 1 aromatic carbocycles. The van der Waals surface area contributed by atoms with Crippen LogP contribution < -0.4 is 0 Å². The predicted octanol–water partition coefficient (Wildman–Crippen LogP) is 2.00. The van der Waals surface area contributed by atoms with E-state index < -0.39 is 11.5 Å². The van der Waals surface area contributed by atoms with Crippen molar-refractivity contribution in [3.05, 3.63) is 35.4 Å². The van der Waals surface area contributed by atoms with E-state index in [0.29, 0.717) is 13.0 Å². The second-order valence-corrected chi connectivity index (χ2v) is 5.39. The molecule has 0 saturated carbocycles. The highest BCUT2D eigenvalue weighted by atomic mass is 16.4. The average molecular weight is 261 g/mol. The minimum atomic E-state index is -1.04. The summed E-state index contributed by atoms with van der Waals surface area (Å²) < 4.78 is 0. The number of aliphatic carboxylic acids is 1. The summed E-state index contributed by atoms with van der Waals surface area (Å²) in [5.41, 5.74) is 1.03. The van der Waals surface area contributed by atoms with Crippen molar-refractivity contribution >= 4 is 11.9 Å². The number of likely N-dealkylation sites (tertiary alicyclic amines) is 1. The average Bonchev–Trinajstić information content (AvgIpc) is 2.76. The van der Waals surface area contributed by atoms with Gasteiger partial charge in [0.1, 0.15) is 5.54 Å². The van der Waals surface area contributed by atoms with E-state index in [-0.39, 0.29) is 12.3 Å². The summed E-state index contributed by atoms with van der Waals surface area (Å²) in [6.07, 6.45) is 1.55. The largest absolute Gasteiger partial charge is 0.480 e. The van der Waals surface area contributed by atoms with Crippen molar-refractivity contribution < 1.29 is 14.7 Å². The molecular weight excluding hydrogens is 242 g/mol. The molecule has 1 aromatic rings. The number of amides is 1. The van der Waals surface area contributed by atoms with E-state index in [1.165, 1.54) is 4.90 Å². The topological polar surface area (TPSA) is 57.6 Å². The first-order valence-corrected chi connectivity index (χ1v) is 6.53. The molecule has 1 unspecified atom stereocenters. The van der Waals surface area contributed by atoms with E-state index in [1.54, 1.807) is 6.92 Å². The molecule has 4 nitrogen and oxygen atoms in total. The van der Waals surface area contributed by atoms with Crippen LogP contribution in [0.1, 0.15) is 30.9 Å². The second-order valence-electron chi connectivity index (χ2n) is 5.39. The Morgan fingerprint density at radius 3 is 2.53 bits per heavy atom. The highest BCUT2D eigenvalue weighted by molar-refractivity contribution is 5.88. The van der Waals surface area contributed by atoms with Gasteiger partial charge in [0.2, 0.25) is 5.91 Å². The maximum Gasteiger partial charge on any atom is 0.329 e. The van der Waals surface area contributed by atoms with Crippen LogP contribution in [0.15, 0.2) is 24.3 Å². The first kappa shape index (κ1) is 13.6. The maximum absolute atomic E-state index is 12.3. The first-order chi connectivity index (χ1) is 8.93. The van der Waals surface area contributed by atoms with Crippen molar-refractivity contribution in [2.75, 3.05) is 6.54 Å². The molecule has 4 heteroatoms. The van der Waals surface area contributed by atoms with Crippen molar-refractivity contribution in [3.63, 3.8) is 0 Å². The Morgan fingerprint density at radius 2 is 1.95 bits per heavy atom. The zero-order valence-electron chi connectivity index (χ0n) is 11.3. The Bertz CT molecular complexity index is 495. The van der Waals surface area contributed by atoms with Gasteiger partial charge < -0.3 is 10.0 Å². The van der Waals surface area contributed by atoms with Crippen molar-refractivity contribution in [2.45, 2.75) is 38.6 Å². The molecule has 2 rings (SSSR count). The highest BCUT2D eigenvalue weighted by Crippen LogP contribution is 2.29. The van der Waals surface area contributed by atoms with Gasteiger partial charge in [0.15, 0.2) is 0 Å². The van der Waals surface area contributed by atoms with Gasteiger partial charge in [-0.25, -0.2) is 4.79 Å². The Morgan fingerprint density at radius 1 is 1.32 bits per heavy atom. The number of carboxylic acid groups (broad SMARTS) is 1. The van der Waals surface area contributed by atoms with Crippen LogP contribution in [-0.4, -0.2) is 34.0 Å². The molecule has 1 heterocycles. The van der Waals surface area contributed by atoms with E-state index in [1.807, 2.05) is 31.2 Å². The summed E-state index contributed by atoms with van der Waals surface area (Å²) in [6, 6.07) is 7.76. The lowest BCUT2D eigenvalue weighted by Gasteiger charge is -2.31. The molecule has 102 valence electrons. The van der Waals surface area contributed by atoms with Crippen molar-refractivity contribution in [2.24, 2.45) is 0 Å². The number of nitrogens with zero attached hydrogens (tertiary/aromatic N) is 1. The van der Waals surface area contributed by atoms with Gasteiger partial charge in [0, 0.05) is 6.54 Å². The number of benzene rings is 1. The molecule has 0 aliphatic carbocycles. The Hall–Kier alpha value is -1.84. The first-order valence-electron chi connectivity index (χ1n) is 6.53. The highest BCUT2D eigenvalue weighted by Gasteiger charge is 2.45. The van der Waals surface area contributed by atoms with Crippen molar-refractivity contribution in [1.29, 1.82) is 0 Å². The number of carbonyl (C=O) groups is 2. The zero-order valence-corrected chi connectivity index (χ0v) is 11.3. The molecule has 0 aromatic heterocycles. The van der Waals surface area contributed by atoms with E-state index in [0.717, 1.165) is 17.5 Å². The minimum Gasteiger partial charge on any atom is -0.480 e. The fraction of sp³-hybridized carbons (Fsp3) is 0.467. The maximum atomic E-state index is 12.3. The van der Waals surface area contributed by atoms with Gasteiger partial charge in [-0.15, -0.1) is 0 Å². The second kappa shape index (κ2) is 5.03. The van der Waals surface area contributed by atoms with Crippen LogP contribution in [0.2, 0.25) is 0 Å². The van der Waals surface area contributed by atoms with Gasteiger partial charge in [0.05, 0.1) is 6.42 Å². The van der Waals surface area contributed by atoms with Gasteiger partial charge in [-0.05, 0) is 32.3 Å². The number of carbonyl (C=O) groups excluding carboxylic acids is 1. The smallest absolute Gasteiger partial charge is 0.329 e. The number of hydrogen-bond acceptors (Lipinski definition) is 2. The third-order valence-electron chi connectivity index (χ3n) is 3.88. The van der Waals surface area contributed by atoms with Crippen LogP contribution >= 0.6 is 0 Å². The molecule has 1 saturated heterocycles. The predicted molar refractivity (Wildman–Crippen MR) is 71.9 cm³/mol. The molecule has 1 fully saturated rings. The molecule has 1 aliphatic rings. The molecule has 1 amide bonds. The van der Waals surface area contributed by atoms with E-state index in [9.17, 15) is 14.7 Å². The summed E-state index contributed by atoms with van der Waals surface area (Å²) in [4.78, 5) is 25.1. The minimum absolute atomic E-state index is 0.105. The lowest BCUT2D eigenvalue weighted by Crippen LogP contribution is -2.51. The standard InChI is InChI=1S/C15H19NO3/c1-11-4-6-12(7-5-11)10-13(17)16-9-3-8-15(16,2)14(18)19/h4-7H,3,8-10H2,1-2H3,(H,18,19). The van der Waals surface area contributed by atoms with Crippen LogP contribution in [0, 0.1) is 6.92 Å². The van der Waals surface area contributed by atoms with Gasteiger partial charge in [-0.2, -0.15) is 0 Å². The SMILES string of the molecule is Cc1ccc(CC(=O)N2CCCC2(C)C(=O)O)cc1. The molecule has 1 aliphatic heterocycles. The van der Waals surface area contributed by atoms with Gasteiger partial charge in [-0.1, -0.05) is 29.8 Å². The molecule has 19 heavy (non-hydrogen) atoms. The summed E-state index contributed by atoms with van der Waals surface area (Å²) >= 11 is 0.